The van der Waals surface area contributed by atoms with E-state index in [1.54, 1.807) is 0 Å². The molecule has 0 amide bonds. The second kappa shape index (κ2) is 4.87. The van der Waals surface area contributed by atoms with Gasteiger partial charge in [-0.1, -0.05) is 11.6 Å². The summed E-state index contributed by atoms with van der Waals surface area (Å²) in [5.41, 5.74) is -0.0274. The molecule has 0 radical (unpaired) electrons. The van der Waals surface area contributed by atoms with E-state index in [1.807, 2.05) is 0 Å². The van der Waals surface area contributed by atoms with Crippen LogP contribution in [0.2, 0.25) is 5.15 Å². The van der Waals surface area contributed by atoms with Crippen molar-refractivity contribution in [2.24, 2.45) is 0 Å². The molecule has 0 aromatic carbocycles. The third-order valence-electron chi connectivity index (χ3n) is 1.73. The maximum absolute atomic E-state index is 12.4. The normalized spacial score (nSPS) is 11.0. The molecular weight excluding hydrogens is 235 g/mol. The van der Waals surface area contributed by atoms with Crippen molar-refractivity contribution in [3.05, 3.63) is 28.0 Å². The summed E-state index contributed by atoms with van der Waals surface area (Å²) in [6.45, 7) is -0.385. The number of aromatic nitrogens is 1. The Hall–Kier alpha value is -0.450. The largest absolute Gasteiger partial charge is 0.392 e. The van der Waals surface area contributed by atoms with Crippen LogP contribution >= 0.6 is 23.2 Å². The molecule has 1 aromatic rings. The van der Waals surface area contributed by atoms with Crippen LogP contribution in [0.25, 0.3) is 0 Å². The van der Waals surface area contributed by atoms with Gasteiger partial charge in [0.2, 0.25) is 0 Å². The fourth-order valence-electron chi connectivity index (χ4n) is 1.09. The number of hydrogen-bond donors (Lipinski definition) is 1. The monoisotopic (exact) mass is 241 g/mol. The average molecular weight is 242 g/mol. The lowest BCUT2D eigenvalue weighted by Gasteiger charge is -2.10. The number of nitrogens with zero attached hydrogens (tertiary/aromatic N) is 1. The van der Waals surface area contributed by atoms with Gasteiger partial charge in [-0.3, -0.25) is 0 Å². The van der Waals surface area contributed by atoms with Gasteiger partial charge >= 0.3 is 0 Å². The highest BCUT2D eigenvalue weighted by Crippen LogP contribution is 2.27. The second-order valence-electron chi connectivity index (χ2n) is 2.56. The fraction of sp³-hybridized carbons (Fsp3) is 0.375. The van der Waals surface area contributed by atoms with Gasteiger partial charge in [-0.15, -0.1) is 11.6 Å². The topological polar surface area (TPSA) is 33.1 Å². The first kappa shape index (κ1) is 11.6. The van der Waals surface area contributed by atoms with Crippen LogP contribution < -0.4 is 0 Å². The van der Waals surface area contributed by atoms with Gasteiger partial charge in [0.05, 0.1) is 6.61 Å². The number of hydrogen-bond acceptors (Lipinski definition) is 2. The Morgan fingerprint density at radius 2 is 2.14 bits per heavy atom. The highest BCUT2D eigenvalue weighted by Gasteiger charge is 2.18. The second-order valence-corrected chi connectivity index (χ2v) is 3.21. The molecule has 1 N–H and O–H groups in total. The summed E-state index contributed by atoms with van der Waals surface area (Å²) in [5, 5.41) is 8.82. The molecule has 0 atom stereocenters. The van der Waals surface area contributed by atoms with Crippen LogP contribution in [0, 0.1) is 0 Å². The first-order valence-electron chi connectivity index (χ1n) is 3.73. The summed E-state index contributed by atoms with van der Waals surface area (Å²) in [5.74, 6) is -0.125. The van der Waals surface area contributed by atoms with Gasteiger partial charge in [-0.05, 0) is 17.2 Å². The zero-order valence-electron chi connectivity index (χ0n) is 6.98. The standard InChI is InChI=1S/C8H7Cl2F2NO/c9-2-5-4(3-14)1-6(10)13-7(5)8(11)12/h1,8,14H,2-3H2. The van der Waals surface area contributed by atoms with Crippen LogP contribution in [0.3, 0.4) is 0 Å². The molecule has 0 fully saturated rings. The third-order valence-corrected chi connectivity index (χ3v) is 2.19. The number of alkyl halides is 3. The van der Waals surface area contributed by atoms with Crippen LogP contribution in [0.15, 0.2) is 6.07 Å². The Morgan fingerprint density at radius 1 is 1.50 bits per heavy atom. The van der Waals surface area contributed by atoms with Crippen LogP contribution in [0.1, 0.15) is 23.2 Å². The first-order chi connectivity index (χ1) is 6.60. The molecule has 0 unspecified atom stereocenters. The van der Waals surface area contributed by atoms with E-state index in [0.29, 0.717) is 0 Å². The Balaban J connectivity index is 3.31. The minimum atomic E-state index is -2.74. The van der Waals surface area contributed by atoms with Crippen LogP contribution in [-0.2, 0) is 12.5 Å². The maximum Gasteiger partial charge on any atom is 0.280 e. The average Bonchev–Trinajstić information content (AvgIpc) is 2.16. The lowest BCUT2D eigenvalue weighted by Crippen LogP contribution is -2.02. The molecule has 0 spiro atoms. The predicted octanol–water partition coefficient (Wildman–Crippen LogP) is 2.90. The van der Waals surface area contributed by atoms with Crippen molar-refractivity contribution in [3.8, 4) is 0 Å². The number of aliphatic hydroxyl groups is 1. The van der Waals surface area contributed by atoms with E-state index in [2.05, 4.69) is 4.98 Å². The summed E-state index contributed by atoms with van der Waals surface area (Å²) >= 11 is 11.0. The number of pyridine rings is 1. The molecule has 1 rings (SSSR count). The van der Waals surface area contributed by atoms with Crippen LogP contribution in [0.4, 0.5) is 8.78 Å². The molecule has 0 aliphatic rings. The smallest absolute Gasteiger partial charge is 0.280 e. The van der Waals surface area contributed by atoms with Crippen molar-refractivity contribution in [3.63, 3.8) is 0 Å². The maximum atomic E-state index is 12.4. The predicted molar refractivity (Wildman–Crippen MR) is 49.7 cm³/mol. The van der Waals surface area contributed by atoms with Gasteiger partial charge in [0.25, 0.3) is 6.43 Å². The molecule has 6 heteroatoms. The van der Waals surface area contributed by atoms with E-state index in [0.717, 1.165) is 0 Å². The lowest BCUT2D eigenvalue weighted by molar-refractivity contribution is 0.144. The lowest BCUT2D eigenvalue weighted by atomic mass is 10.1. The summed E-state index contributed by atoms with van der Waals surface area (Å²) in [6, 6.07) is 1.32. The Morgan fingerprint density at radius 3 is 2.57 bits per heavy atom. The Labute approximate surface area is 89.5 Å². The number of rotatable bonds is 3. The van der Waals surface area contributed by atoms with Gasteiger partial charge in [-0.25, -0.2) is 13.8 Å². The Bertz CT molecular complexity index is 333. The number of halogens is 4. The van der Waals surface area contributed by atoms with E-state index >= 15 is 0 Å². The highest BCUT2D eigenvalue weighted by molar-refractivity contribution is 6.29. The molecule has 0 aliphatic carbocycles. The summed E-state index contributed by atoms with van der Waals surface area (Å²) in [6.07, 6.45) is -2.74. The summed E-state index contributed by atoms with van der Waals surface area (Å²) in [7, 11) is 0. The van der Waals surface area contributed by atoms with Crippen molar-refractivity contribution in [2.75, 3.05) is 0 Å². The van der Waals surface area contributed by atoms with Crippen molar-refractivity contribution in [1.29, 1.82) is 0 Å². The zero-order chi connectivity index (χ0) is 10.7. The van der Waals surface area contributed by atoms with E-state index in [-0.39, 0.29) is 28.8 Å². The third kappa shape index (κ3) is 2.32. The molecule has 1 aromatic heterocycles. The highest BCUT2D eigenvalue weighted by atomic mass is 35.5. The minimum absolute atomic E-state index is 0.0711. The Kier molecular flexibility index (Phi) is 4.04. The molecular formula is C8H7Cl2F2NO. The SMILES string of the molecule is OCc1cc(Cl)nc(C(F)F)c1CCl. The van der Waals surface area contributed by atoms with Gasteiger partial charge in [0.15, 0.2) is 0 Å². The molecule has 1 heterocycles. The summed E-state index contributed by atoms with van der Waals surface area (Å²) < 4.78 is 24.9. The molecule has 2 nitrogen and oxygen atoms in total. The van der Waals surface area contributed by atoms with E-state index in [9.17, 15) is 8.78 Å². The van der Waals surface area contributed by atoms with Crippen molar-refractivity contribution in [1.82, 2.24) is 4.98 Å². The van der Waals surface area contributed by atoms with Gasteiger partial charge < -0.3 is 5.11 Å². The molecule has 0 saturated carbocycles. The van der Waals surface area contributed by atoms with E-state index < -0.39 is 12.1 Å². The van der Waals surface area contributed by atoms with Crippen LogP contribution in [0.5, 0.6) is 0 Å². The van der Waals surface area contributed by atoms with Gasteiger partial charge in [-0.2, -0.15) is 0 Å². The zero-order valence-corrected chi connectivity index (χ0v) is 8.49. The van der Waals surface area contributed by atoms with Crippen LogP contribution in [-0.4, -0.2) is 10.1 Å². The molecule has 0 saturated heterocycles. The van der Waals surface area contributed by atoms with Crippen molar-refractivity contribution in [2.45, 2.75) is 18.9 Å². The quantitative estimate of drug-likeness (QED) is 0.652. The molecule has 78 valence electrons. The van der Waals surface area contributed by atoms with Crippen molar-refractivity contribution < 1.29 is 13.9 Å². The van der Waals surface area contributed by atoms with E-state index in [1.165, 1.54) is 6.07 Å². The first-order valence-corrected chi connectivity index (χ1v) is 4.64. The van der Waals surface area contributed by atoms with Gasteiger partial charge in [0, 0.05) is 5.88 Å². The minimum Gasteiger partial charge on any atom is -0.392 e. The summed E-state index contributed by atoms with van der Waals surface area (Å²) in [4.78, 5) is 3.47. The molecule has 0 bridgehead atoms. The number of aliphatic hydroxyl groups excluding tert-OH is 1. The van der Waals surface area contributed by atoms with Gasteiger partial charge in [0.1, 0.15) is 10.8 Å². The van der Waals surface area contributed by atoms with E-state index in [4.69, 9.17) is 28.3 Å². The fourth-order valence-corrected chi connectivity index (χ4v) is 1.62. The molecule has 14 heavy (non-hydrogen) atoms. The van der Waals surface area contributed by atoms with Crippen molar-refractivity contribution >= 4 is 23.2 Å². The molecule has 0 aliphatic heterocycles.